The summed E-state index contributed by atoms with van der Waals surface area (Å²) in [6.45, 7) is 4.72. The molecule has 3 atom stereocenters. The number of para-hydroxylation sites is 1. The maximum atomic E-state index is 12.5. The molecule has 0 spiro atoms. The zero-order chi connectivity index (χ0) is 13.2. The van der Waals surface area contributed by atoms with Crippen LogP contribution in [-0.2, 0) is 4.79 Å². The molecule has 2 aliphatic heterocycles. The summed E-state index contributed by atoms with van der Waals surface area (Å²) in [5.41, 5.74) is 1.21. The first kappa shape index (κ1) is 12.7. The molecule has 102 valence electrons. The van der Waals surface area contributed by atoms with E-state index in [1.54, 1.807) is 0 Å². The molecule has 19 heavy (non-hydrogen) atoms. The summed E-state index contributed by atoms with van der Waals surface area (Å²) >= 11 is 0. The van der Waals surface area contributed by atoms with Gasteiger partial charge in [0.25, 0.3) is 0 Å². The van der Waals surface area contributed by atoms with Crippen molar-refractivity contribution in [2.24, 2.45) is 11.8 Å². The van der Waals surface area contributed by atoms with Crippen molar-refractivity contribution in [1.82, 2.24) is 5.32 Å². The molecule has 0 radical (unpaired) electrons. The topological polar surface area (TPSA) is 38.3 Å². The Hall–Kier alpha value is -1.35. The van der Waals surface area contributed by atoms with Crippen molar-refractivity contribution < 1.29 is 9.53 Å². The Bertz CT molecular complexity index is 472. The number of rotatable bonds is 3. The summed E-state index contributed by atoms with van der Waals surface area (Å²) in [5, 5.41) is 3.31. The SMILES string of the molecule is CC1CNCC1C(=O)CC1CCOc2ccccc21. The number of Topliss-reactive ketones (excluding diaryl/α,β-unsaturated/α-hetero) is 1. The summed E-state index contributed by atoms with van der Waals surface area (Å²) in [6.07, 6.45) is 1.62. The molecule has 1 aromatic rings. The van der Waals surface area contributed by atoms with Crippen LogP contribution < -0.4 is 10.1 Å². The van der Waals surface area contributed by atoms with Gasteiger partial charge in [-0.15, -0.1) is 0 Å². The second-order valence-corrected chi connectivity index (χ2v) is 5.78. The van der Waals surface area contributed by atoms with Crippen LogP contribution in [0.2, 0.25) is 0 Å². The maximum Gasteiger partial charge on any atom is 0.138 e. The van der Waals surface area contributed by atoms with E-state index >= 15 is 0 Å². The van der Waals surface area contributed by atoms with Crippen LogP contribution in [0.3, 0.4) is 0 Å². The normalized spacial score (nSPS) is 29.6. The van der Waals surface area contributed by atoms with E-state index in [0.717, 1.165) is 31.9 Å². The van der Waals surface area contributed by atoms with Crippen LogP contribution in [0.15, 0.2) is 24.3 Å². The fourth-order valence-electron chi connectivity index (χ4n) is 3.26. The van der Waals surface area contributed by atoms with Crippen LogP contribution in [-0.4, -0.2) is 25.5 Å². The number of hydrogen-bond acceptors (Lipinski definition) is 3. The highest BCUT2D eigenvalue weighted by Crippen LogP contribution is 2.36. The molecule has 3 nitrogen and oxygen atoms in total. The van der Waals surface area contributed by atoms with Gasteiger partial charge in [-0.3, -0.25) is 4.79 Å². The van der Waals surface area contributed by atoms with Crippen molar-refractivity contribution in [2.75, 3.05) is 19.7 Å². The Morgan fingerprint density at radius 3 is 3.00 bits per heavy atom. The van der Waals surface area contributed by atoms with Crippen LogP contribution in [0.5, 0.6) is 5.75 Å². The number of ketones is 1. The van der Waals surface area contributed by atoms with Gasteiger partial charge < -0.3 is 10.1 Å². The molecule has 0 saturated carbocycles. The molecule has 2 heterocycles. The Kier molecular flexibility index (Phi) is 3.56. The predicted molar refractivity (Wildman–Crippen MR) is 74.4 cm³/mol. The molecule has 3 heteroatoms. The highest BCUT2D eigenvalue weighted by atomic mass is 16.5. The third kappa shape index (κ3) is 2.52. The van der Waals surface area contributed by atoms with Crippen LogP contribution in [0.1, 0.15) is 31.2 Å². The lowest BCUT2D eigenvalue weighted by molar-refractivity contribution is -0.123. The van der Waals surface area contributed by atoms with Gasteiger partial charge in [0.1, 0.15) is 11.5 Å². The second-order valence-electron chi connectivity index (χ2n) is 5.78. The monoisotopic (exact) mass is 259 g/mol. The minimum absolute atomic E-state index is 0.204. The third-order valence-electron chi connectivity index (χ3n) is 4.46. The molecular formula is C16H21NO2. The molecule has 0 aromatic heterocycles. The molecule has 2 aliphatic rings. The summed E-state index contributed by atoms with van der Waals surface area (Å²) in [5.74, 6) is 2.39. The van der Waals surface area contributed by atoms with Gasteiger partial charge in [-0.05, 0) is 36.4 Å². The molecule has 0 aliphatic carbocycles. The Morgan fingerprint density at radius 2 is 2.21 bits per heavy atom. The van der Waals surface area contributed by atoms with Crippen molar-refractivity contribution in [3.63, 3.8) is 0 Å². The van der Waals surface area contributed by atoms with Gasteiger partial charge in [0, 0.05) is 18.9 Å². The van der Waals surface area contributed by atoms with E-state index in [1.165, 1.54) is 5.56 Å². The summed E-state index contributed by atoms with van der Waals surface area (Å²) in [7, 11) is 0. The van der Waals surface area contributed by atoms with Gasteiger partial charge in [-0.25, -0.2) is 0 Å². The molecular weight excluding hydrogens is 238 g/mol. The number of nitrogens with one attached hydrogen (secondary N) is 1. The van der Waals surface area contributed by atoms with Crippen LogP contribution in [0, 0.1) is 11.8 Å². The van der Waals surface area contributed by atoms with Gasteiger partial charge in [-0.1, -0.05) is 25.1 Å². The summed E-state index contributed by atoms with van der Waals surface area (Å²) in [6, 6.07) is 8.13. The van der Waals surface area contributed by atoms with Crippen molar-refractivity contribution in [3.05, 3.63) is 29.8 Å². The van der Waals surface area contributed by atoms with Crippen LogP contribution in [0.4, 0.5) is 0 Å². The first-order chi connectivity index (χ1) is 9.25. The van der Waals surface area contributed by atoms with Crippen molar-refractivity contribution in [1.29, 1.82) is 0 Å². The minimum Gasteiger partial charge on any atom is -0.493 e. The van der Waals surface area contributed by atoms with Crippen molar-refractivity contribution >= 4 is 5.78 Å². The van der Waals surface area contributed by atoms with Gasteiger partial charge in [0.15, 0.2) is 0 Å². The summed E-state index contributed by atoms with van der Waals surface area (Å²) < 4.78 is 5.66. The maximum absolute atomic E-state index is 12.5. The van der Waals surface area contributed by atoms with Gasteiger partial charge in [0.2, 0.25) is 0 Å². The van der Waals surface area contributed by atoms with E-state index in [-0.39, 0.29) is 5.92 Å². The fraction of sp³-hybridized carbons (Fsp3) is 0.562. The first-order valence-corrected chi connectivity index (χ1v) is 7.21. The zero-order valence-electron chi connectivity index (χ0n) is 11.4. The lowest BCUT2D eigenvalue weighted by Crippen LogP contribution is -2.25. The molecule has 1 saturated heterocycles. The molecule has 0 bridgehead atoms. The van der Waals surface area contributed by atoms with E-state index < -0.39 is 0 Å². The molecule has 1 fully saturated rings. The lowest BCUT2D eigenvalue weighted by Gasteiger charge is -2.26. The predicted octanol–water partition coefficient (Wildman–Crippen LogP) is 2.37. The van der Waals surface area contributed by atoms with Crippen molar-refractivity contribution in [2.45, 2.75) is 25.7 Å². The molecule has 0 amide bonds. The second kappa shape index (κ2) is 5.33. The Labute approximate surface area is 114 Å². The third-order valence-corrected chi connectivity index (χ3v) is 4.46. The smallest absolute Gasteiger partial charge is 0.138 e. The largest absolute Gasteiger partial charge is 0.493 e. The van der Waals surface area contributed by atoms with Crippen molar-refractivity contribution in [3.8, 4) is 5.75 Å². The van der Waals surface area contributed by atoms with E-state index in [0.29, 0.717) is 24.0 Å². The molecule has 3 rings (SSSR count). The van der Waals surface area contributed by atoms with Crippen LogP contribution >= 0.6 is 0 Å². The number of benzene rings is 1. The number of hydrogen-bond donors (Lipinski definition) is 1. The number of carbonyl (C=O) groups excluding carboxylic acids is 1. The van der Waals surface area contributed by atoms with Gasteiger partial charge >= 0.3 is 0 Å². The number of carbonyl (C=O) groups is 1. The zero-order valence-corrected chi connectivity index (χ0v) is 11.4. The highest BCUT2D eigenvalue weighted by Gasteiger charge is 2.32. The molecule has 1 aromatic carbocycles. The van der Waals surface area contributed by atoms with E-state index in [1.807, 2.05) is 18.2 Å². The minimum atomic E-state index is 0.204. The van der Waals surface area contributed by atoms with E-state index in [9.17, 15) is 4.79 Å². The Balaban J connectivity index is 1.72. The van der Waals surface area contributed by atoms with E-state index in [4.69, 9.17) is 4.74 Å². The average Bonchev–Trinajstić information content (AvgIpc) is 2.85. The fourth-order valence-corrected chi connectivity index (χ4v) is 3.26. The average molecular weight is 259 g/mol. The van der Waals surface area contributed by atoms with Gasteiger partial charge in [-0.2, -0.15) is 0 Å². The van der Waals surface area contributed by atoms with Gasteiger partial charge in [0.05, 0.1) is 6.61 Å². The molecule has 1 N–H and O–H groups in total. The van der Waals surface area contributed by atoms with E-state index in [2.05, 4.69) is 18.3 Å². The number of ether oxygens (including phenoxy) is 1. The quantitative estimate of drug-likeness (QED) is 0.905. The Morgan fingerprint density at radius 1 is 1.37 bits per heavy atom. The number of fused-ring (bicyclic) bond motifs is 1. The lowest BCUT2D eigenvalue weighted by atomic mass is 9.83. The summed E-state index contributed by atoms with van der Waals surface area (Å²) in [4.78, 5) is 12.5. The first-order valence-electron chi connectivity index (χ1n) is 7.21. The standard InChI is InChI=1S/C16H21NO2/c1-11-9-17-10-14(11)15(18)8-12-6-7-19-16-5-3-2-4-13(12)16/h2-5,11-12,14,17H,6-10H2,1H3. The van der Waals surface area contributed by atoms with Crippen LogP contribution in [0.25, 0.3) is 0 Å². The molecule has 3 unspecified atom stereocenters. The highest BCUT2D eigenvalue weighted by molar-refractivity contribution is 5.82.